The normalized spacial score (nSPS) is 17.4. The van der Waals surface area contributed by atoms with E-state index in [1.165, 1.54) is 5.69 Å². The van der Waals surface area contributed by atoms with Crippen molar-refractivity contribution < 1.29 is 4.74 Å². The van der Waals surface area contributed by atoms with Crippen LogP contribution < -0.4 is 10.1 Å². The van der Waals surface area contributed by atoms with Crippen molar-refractivity contribution in [1.82, 2.24) is 15.1 Å². The number of rotatable bonds is 4. The lowest BCUT2D eigenvalue weighted by Gasteiger charge is -2.27. The number of hydrogen-bond acceptors (Lipinski definition) is 3. The lowest BCUT2D eigenvalue weighted by Crippen LogP contribution is -2.29. The summed E-state index contributed by atoms with van der Waals surface area (Å²) < 4.78 is 7.56. The van der Waals surface area contributed by atoms with E-state index in [1.807, 2.05) is 30.1 Å². The van der Waals surface area contributed by atoms with E-state index in [2.05, 4.69) is 10.4 Å². The summed E-state index contributed by atoms with van der Waals surface area (Å²) in [5, 5.41) is 8.96. The van der Waals surface area contributed by atoms with Crippen LogP contribution in [0.4, 0.5) is 0 Å². The maximum absolute atomic E-state index is 6.20. The Labute approximate surface area is 134 Å². The summed E-state index contributed by atoms with van der Waals surface area (Å²) in [6.07, 6.45) is 3.66. The molecule has 1 aliphatic rings. The molecule has 1 aromatic carbocycles. The zero-order valence-electron chi connectivity index (χ0n) is 11.8. The van der Waals surface area contributed by atoms with E-state index >= 15 is 0 Å². The quantitative estimate of drug-likeness (QED) is 0.936. The highest BCUT2D eigenvalue weighted by Crippen LogP contribution is 2.39. The van der Waals surface area contributed by atoms with Gasteiger partial charge in [0.05, 0.1) is 11.6 Å². The van der Waals surface area contributed by atoms with Crippen molar-refractivity contribution in [2.45, 2.75) is 18.9 Å². The molecule has 2 aromatic rings. The van der Waals surface area contributed by atoms with E-state index in [0.717, 1.165) is 30.7 Å². The maximum atomic E-state index is 6.20. The summed E-state index contributed by atoms with van der Waals surface area (Å²) in [5.41, 5.74) is 2.25. The number of nitrogens with zero attached hydrogens (tertiary/aromatic N) is 2. The largest absolute Gasteiger partial charge is 0.492 e. The molecule has 0 radical (unpaired) electrons. The van der Waals surface area contributed by atoms with E-state index < -0.39 is 0 Å². The minimum atomic E-state index is 0.221. The van der Waals surface area contributed by atoms with E-state index in [-0.39, 0.29) is 6.04 Å². The first-order valence-corrected chi connectivity index (χ1v) is 7.73. The third kappa shape index (κ3) is 3.18. The lowest BCUT2D eigenvalue weighted by atomic mass is 10.0. The molecule has 6 heteroatoms. The standard InChI is InChI=1S/C15H17Cl2N3O/c1-20-11(3-6-19-20)2-5-18-14-4-7-21-15-12(14)8-10(16)9-13(15)17/h3,6,8-9,14,18H,2,4-5,7H2,1H3. The Bertz CT molecular complexity index is 642. The Balaban J connectivity index is 1.69. The average molecular weight is 326 g/mol. The van der Waals surface area contributed by atoms with Crippen molar-refractivity contribution in [1.29, 1.82) is 0 Å². The molecule has 1 aliphatic heterocycles. The minimum absolute atomic E-state index is 0.221. The predicted octanol–water partition coefficient (Wildman–Crippen LogP) is 3.38. The molecule has 1 N–H and O–H groups in total. The van der Waals surface area contributed by atoms with Gasteiger partial charge in [0.1, 0.15) is 5.75 Å². The molecule has 1 unspecified atom stereocenters. The van der Waals surface area contributed by atoms with Crippen molar-refractivity contribution in [2.24, 2.45) is 7.05 Å². The summed E-state index contributed by atoms with van der Waals surface area (Å²) in [4.78, 5) is 0. The van der Waals surface area contributed by atoms with Gasteiger partial charge in [-0.2, -0.15) is 5.10 Å². The summed E-state index contributed by atoms with van der Waals surface area (Å²) in [5.74, 6) is 0.755. The number of aromatic nitrogens is 2. The van der Waals surface area contributed by atoms with Gasteiger partial charge in [0.2, 0.25) is 0 Å². The van der Waals surface area contributed by atoms with Gasteiger partial charge in [-0.3, -0.25) is 4.68 Å². The Kier molecular flexibility index (Phi) is 4.38. The van der Waals surface area contributed by atoms with Crippen LogP contribution in [0.2, 0.25) is 10.0 Å². The van der Waals surface area contributed by atoms with E-state index in [0.29, 0.717) is 16.7 Å². The highest BCUT2D eigenvalue weighted by molar-refractivity contribution is 6.35. The van der Waals surface area contributed by atoms with Crippen molar-refractivity contribution in [2.75, 3.05) is 13.2 Å². The molecular formula is C15H17Cl2N3O. The van der Waals surface area contributed by atoms with Crippen LogP contribution in [0.3, 0.4) is 0 Å². The Morgan fingerprint density at radius 2 is 2.29 bits per heavy atom. The predicted molar refractivity (Wildman–Crippen MR) is 84.2 cm³/mol. The van der Waals surface area contributed by atoms with Gasteiger partial charge in [-0.1, -0.05) is 23.2 Å². The first-order valence-electron chi connectivity index (χ1n) is 6.97. The third-order valence-corrected chi connectivity index (χ3v) is 4.26. The van der Waals surface area contributed by atoms with Crippen LogP contribution >= 0.6 is 23.2 Å². The number of benzene rings is 1. The fraction of sp³-hybridized carbons (Fsp3) is 0.400. The van der Waals surface area contributed by atoms with Gasteiger partial charge in [-0.25, -0.2) is 0 Å². The molecule has 21 heavy (non-hydrogen) atoms. The summed E-state index contributed by atoms with van der Waals surface area (Å²) in [6.45, 7) is 1.53. The number of nitrogens with one attached hydrogen (secondary N) is 1. The van der Waals surface area contributed by atoms with Crippen molar-refractivity contribution in [3.05, 3.63) is 45.7 Å². The molecule has 0 amide bonds. The number of ether oxygens (including phenoxy) is 1. The van der Waals surface area contributed by atoms with Crippen LogP contribution in [-0.2, 0) is 13.5 Å². The summed E-state index contributed by atoms with van der Waals surface area (Å²) >= 11 is 12.3. The second kappa shape index (κ2) is 6.26. The number of hydrogen-bond donors (Lipinski definition) is 1. The molecule has 0 fully saturated rings. The second-order valence-corrected chi connectivity index (χ2v) is 5.99. The maximum Gasteiger partial charge on any atom is 0.142 e. The van der Waals surface area contributed by atoms with Gasteiger partial charge in [-0.15, -0.1) is 0 Å². The summed E-state index contributed by atoms with van der Waals surface area (Å²) in [7, 11) is 1.96. The fourth-order valence-electron chi connectivity index (χ4n) is 2.66. The fourth-order valence-corrected chi connectivity index (χ4v) is 3.22. The monoisotopic (exact) mass is 325 g/mol. The molecular weight excluding hydrogens is 309 g/mol. The van der Waals surface area contributed by atoms with Crippen LogP contribution in [0.15, 0.2) is 24.4 Å². The van der Waals surface area contributed by atoms with Crippen molar-refractivity contribution in [3.8, 4) is 5.75 Å². The molecule has 0 spiro atoms. The smallest absolute Gasteiger partial charge is 0.142 e. The molecule has 3 rings (SSSR count). The van der Waals surface area contributed by atoms with Crippen LogP contribution in [0.25, 0.3) is 0 Å². The van der Waals surface area contributed by atoms with E-state index in [4.69, 9.17) is 27.9 Å². The lowest BCUT2D eigenvalue weighted by molar-refractivity contribution is 0.253. The van der Waals surface area contributed by atoms with Crippen molar-refractivity contribution in [3.63, 3.8) is 0 Å². The average Bonchev–Trinajstić information content (AvgIpc) is 2.85. The molecule has 0 saturated carbocycles. The number of aryl methyl sites for hydroxylation is 1. The van der Waals surface area contributed by atoms with Gasteiger partial charge >= 0.3 is 0 Å². The Morgan fingerprint density at radius 3 is 3.05 bits per heavy atom. The molecule has 1 atom stereocenters. The van der Waals surface area contributed by atoms with Gasteiger partial charge in [-0.05, 0) is 18.2 Å². The van der Waals surface area contributed by atoms with Gasteiger partial charge in [0.25, 0.3) is 0 Å². The Hall–Kier alpha value is -1.23. The minimum Gasteiger partial charge on any atom is -0.492 e. The topological polar surface area (TPSA) is 39.1 Å². The van der Waals surface area contributed by atoms with E-state index in [1.54, 1.807) is 6.07 Å². The molecule has 0 bridgehead atoms. The van der Waals surface area contributed by atoms with Crippen LogP contribution in [0, 0.1) is 0 Å². The van der Waals surface area contributed by atoms with Crippen LogP contribution in [-0.4, -0.2) is 22.9 Å². The molecule has 112 valence electrons. The zero-order valence-corrected chi connectivity index (χ0v) is 13.3. The molecule has 0 saturated heterocycles. The van der Waals surface area contributed by atoms with Gasteiger partial charge in [0.15, 0.2) is 0 Å². The SMILES string of the molecule is Cn1nccc1CCNC1CCOc2c(Cl)cc(Cl)cc21. The van der Waals surface area contributed by atoms with Gasteiger partial charge in [0, 0.05) is 55.0 Å². The first-order chi connectivity index (χ1) is 10.1. The van der Waals surface area contributed by atoms with Crippen LogP contribution in [0.1, 0.15) is 23.7 Å². The van der Waals surface area contributed by atoms with E-state index in [9.17, 15) is 0 Å². The second-order valence-electron chi connectivity index (χ2n) is 5.15. The molecule has 0 aliphatic carbocycles. The summed E-state index contributed by atoms with van der Waals surface area (Å²) in [6, 6.07) is 5.91. The third-order valence-electron chi connectivity index (χ3n) is 3.76. The highest BCUT2D eigenvalue weighted by atomic mass is 35.5. The van der Waals surface area contributed by atoms with Gasteiger partial charge < -0.3 is 10.1 Å². The van der Waals surface area contributed by atoms with Crippen LogP contribution in [0.5, 0.6) is 5.75 Å². The number of fused-ring (bicyclic) bond motifs is 1. The molecule has 4 nitrogen and oxygen atoms in total. The number of halogens is 2. The molecule has 2 heterocycles. The molecule has 1 aromatic heterocycles. The Morgan fingerprint density at radius 1 is 1.43 bits per heavy atom. The van der Waals surface area contributed by atoms with Crippen molar-refractivity contribution >= 4 is 23.2 Å². The zero-order chi connectivity index (χ0) is 14.8. The first kappa shape index (κ1) is 14.7. The highest BCUT2D eigenvalue weighted by Gasteiger charge is 2.23.